The fourth-order valence-corrected chi connectivity index (χ4v) is 2.03. The smallest absolute Gasteiger partial charge is 0.258 e. The molecule has 2 rings (SSSR count). The second kappa shape index (κ2) is 6.29. The van der Waals surface area contributed by atoms with Crippen LogP contribution in [0.3, 0.4) is 0 Å². The second-order valence-electron chi connectivity index (χ2n) is 4.47. The summed E-state index contributed by atoms with van der Waals surface area (Å²) in [7, 11) is 1.72. The Morgan fingerprint density at radius 3 is 2.85 bits per heavy atom. The molecule has 0 atom stereocenters. The molecule has 0 saturated carbocycles. The number of hydrogen-bond donors (Lipinski definition) is 2. The molecule has 6 heteroatoms. The Hall–Kier alpha value is -2.21. The lowest BCUT2D eigenvalue weighted by Crippen LogP contribution is -2.37. The largest absolute Gasteiger partial charge is 0.334 e. The van der Waals surface area contributed by atoms with Crippen LogP contribution in [0, 0.1) is 0 Å². The Bertz CT molecular complexity index is 666. The number of likely N-dealkylation sites (N-methyl/N-ethyl adjacent to an activating group) is 2. The lowest BCUT2D eigenvalue weighted by molar-refractivity contribution is -0.130. The summed E-state index contributed by atoms with van der Waals surface area (Å²) >= 11 is 0. The zero-order valence-electron chi connectivity index (χ0n) is 11.6. The highest BCUT2D eigenvalue weighted by Crippen LogP contribution is 2.07. The molecular formula is C14H18N4O2. The number of H-pyrrole nitrogens is 1. The predicted octanol–water partition coefficient (Wildman–Crippen LogP) is 0.491. The third-order valence-corrected chi connectivity index (χ3v) is 3.06. The predicted molar refractivity (Wildman–Crippen MR) is 77.4 cm³/mol. The van der Waals surface area contributed by atoms with E-state index in [1.54, 1.807) is 30.1 Å². The number of amides is 1. The molecule has 0 aliphatic rings. The van der Waals surface area contributed by atoms with E-state index in [0.29, 0.717) is 29.8 Å². The van der Waals surface area contributed by atoms with E-state index in [0.717, 1.165) is 0 Å². The molecule has 0 bridgehead atoms. The Kier molecular flexibility index (Phi) is 4.47. The van der Waals surface area contributed by atoms with Crippen molar-refractivity contribution in [2.75, 3.05) is 20.1 Å². The van der Waals surface area contributed by atoms with Gasteiger partial charge in [0.2, 0.25) is 5.91 Å². The van der Waals surface area contributed by atoms with Gasteiger partial charge in [0.1, 0.15) is 5.82 Å². The lowest BCUT2D eigenvalue weighted by Gasteiger charge is -2.20. The first-order valence-corrected chi connectivity index (χ1v) is 6.56. The number of hydrogen-bond acceptors (Lipinski definition) is 4. The highest BCUT2D eigenvalue weighted by Gasteiger charge is 2.13. The molecule has 1 aromatic carbocycles. The van der Waals surface area contributed by atoms with Gasteiger partial charge in [-0.3, -0.25) is 9.59 Å². The van der Waals surface area contributed by atoms with Gasteiger partial charge in [-0.15, -0.1) is 0 Å². The Morgan fingerprint density at radius 1 is 1.40 bits per heavy atom. The first-order valence-electron chi connectivity index (χ1n) is 6.56. The van der Waals surface area contributed by atoms with E-state index in [1.807, 2.05) is 13.0 Å². The molecule has 0 radical (unpaired) electrons. The quantitative estimate of drug-likeness (QED) is 0.832. The summed E-state index contributed by atoms with van der Waals surface area (Å²) in [5.74, 6) is 0.478. The Balaban J connectivity index is 2.29. The van der Waals surface area contributed by atoms with Gasteiger partial charge in [0.15, 0.2) is 0 Å². The van der Waals surface area contributed by atoms with E-state index < -0.39 is 0 Å². The lowest BCUT2D eigenvalue weighted by atomic mass is 10.2. The minimum absolute atomic E-state index is 0.0224. The maximum atomic E-state index is 12.0. The van der Waals surface area contributed by atoms with Crippen molar-refractivity contribution in [1.29, 1.82) is 0 Å². The summed E-state index contributed by atoms with van der Waals surface area (Å²) in [6, 6.07) is 7.16. The van der Waals surface area contributed by atoms with Crippen LogP contribution >= 0.6 is 0 Å². The normalized spacial score (nSPS) is 10.7. The summed E-state index contributed by atoms with van der Waals surface area (Å²) in [5, 5.41) is 3.38. The number of carbonyl (C=O) groups excluding carboxylic acids is 1. The average molecular weight is 274 g/mol. The Labute approximate surface area is 116 Å². The Morgan fingerprint density at radius 2 is 2.15 bits per heavy atom. The minimum Gasteiger partial charge on any atom is -0.334 e. The molecule has 1 amide bonds. The van der Waals surface area contributed by atoms with Crippen molar-refractivity contribution in [2.24, 2.45) is 0 Å². The van der Waals surface area contributed by atoms with Gasteiger partial charge in [0.05, 0.1) is 24.0 Å². The zero-order valence-corrected chi connectivity index (χ0v) is 11.6. The number of nitrogens with one attached hydrogen (secondary N) is 2. The van der Waals surface area contributed by atoms with Crippen LogP contribution in [0.1, 0.15) is 12.7 Å². The highest BCUT2D eigenvalue weighted by molar-refractivity contribution is 5.78. The van der Waals surface area contributed by atoms with Gasteiger partial charge in [-0.2, -0.15) is 0 Å². The van der Waals surface area contributed by atoms with Crippen molar-refractivity contribution in [3.05, 3.63) is 40.4 Å². The molecule has 2 aromatic rings. The van der Waals surface area contributed by atoms with E-state index in [4.69, 9.17) is 0 Å². The van der Waals surface area contributed by atoms with E-state index in [1.165, 1.54) is 0 Å². The summed E-state index contributed by atoms with van der Waals surface area (Å²) in [4.78, 5) is 32.6. The van der Waals surface area contributed by atoms with Crippen LogP contribution in [-0.2, 0) is 11.3 Å². The van der Waals surface area contributed by atoms with Crippen molar-refractivity contribution >= 4 is 16.8 Å². The zero-order chi connectivity index (χ0) is 14.5. The van der Waals surface area contributed by atoms with Crippen LogP contribution in [-0.4, -0.2) is 40.9 Å². The molecule has 1 heterocycles. The molecule has 6 nitrogen and oxygen atoms in total. The molecule has 2 N–H and O–H groups in total. The molecule has 0 fully saturated rings. The molecule has 106 valence electrons. The van der Waals surface area contributed by atoms with Crippen LogP contribution in [0.15, 0.2) is 29.1 Å². The third kappa shape index (κ3) is 3.03. The number of nitrogens with zero attached hydrogens (tertiary/aromatic N) is 2. The number of benzene rings is 1. The number of para-hydroxylation sites is 1. The van der Waals surface area contributed by atoms with E-state index >= 15 is 0 Å². The maximum Gasteiger partial charge on any atom is 0.258 e. The molecule has 1 aromatic heterocycles. The highest BCUT2D eigenvalue weighted by atomic mass is 16.2. The summed E-state index contributed by atoms with van der Waals surface area (Å²) in [6.07, 6.45) is 0. The number of aromatic amines is 1. The SMILES string of the molecule is CCN(Cc1nc2ccccc2c(=O)[nH]1)C(=O)CNC. The summed E-state index contributed by atoms with van der Waals surface area (Å²) < 4.78 is 0. The fraction of sp³-hybridized carbons (Fsp3) is 0.357. The van der Waals surface area contributed by atoms with Gasteiger partial charge in [-0.05, 0) is 26.1 Å². The fourth-order valence-electron chi connectivity index (χ4n) is 2.03. The van der Waals surface area contributed by atoms with E-state index in [9.17, 15) is 9.59 Å². The van der Waals surface area contributed by atoms with Crippen LogP contribution in [0.5, 0.6) is 0 Å². The molecule has 0 unspecified atom stereocenters. The molecule has 0 saturated heterocycles. The van der Waals surface area contributed by atoms with Crippen LogP contribution in [0.2, 0.25) is 0 Å². The molecular weight excluding hydrogens is 256 g/mol. The standard InChI is InChI=1S/C14H18N4O2/c1-3-18(13(19)8-15-2)9-12-16-11-7-5-4-6-10(11)14(20)17-12/h4-7,15H,3,8-9H2,1-2H3,(H,16,17,20). The van der Waals surface area contributed by atoms with Crippen molar-refractivity contribution in [1.82, 2.24) is 20.2 Å². The van der Waals surface area contributed by atoms with Crippen molar-refractivity contribution < 1.29 is 4.79 Å². The topological polar surface area (TPSA) is 78.1 Å². The summed E-state index contributed by atoms with van der Waals surface area (Å²) in [6.45, 7) is 3.03. The maximum absolute atomic E-state index is 12.0. The van der Waals surface area contributed by atoms with Crippen molar-refractivity contribution in [3.63, 3.8) is 0 Å². The number of fused-ring (bicyclic) bond motifs is 1. The first kappa shape index (κ1) is 14.2. The molecule has 0 aliphatic heterocycles. The van der Waals surface area contributed by atoms with Crippen LogP contribution in [0.4, 0.5) is 0 Å². The van der Waals surface area contributed by atoms with Gasteiger partial charge in [0, 0.05) is 6.54 Å². The minimum atomic E-state index is -0.178. The van der Waals surface area contributed by atoms with E-state index in [-0.39, 0.29) is 18.0 Å². The molecule has 20 heavy (non-hydrogen) atoms. The van der Waals surface area contributed by atoms with Gasteiger partial charge in [0.25, 0.3) is 5.56 Å². The van der Waals surface area contributed by atoms with Crippen LogP contribution in [0.25, 0.3) is 10.9 Å². The van der Waals surface area contributed by atoms with Crippen molar-refractivity contribution in [2.45, 2.75) is 13.5 Å². The van der Waals surface area contributed by atoms with Gasteiger partial charge in [-0.25, -0.2) is 4.98 Å². The number of carbonyl (C=O) groups is 1. The monoisotopic (exact) mass is 274 g/mol. The average Bonchev–Trinajstić information content (AvgIpc) is 2.45. The third-order valence-electron chi connectivity index (χ3n) is 3.06. The number of rotatable bonds is 5. The molecule has 0 spiro atoms. The first-order chi connectivity index (χ1) is 9.65. The summed E-state index contributed by atoms with van der Waals surface area (Å²) in [5.41, 5.74) is 0.464. The number of aromatic nitrogens is 2. The second-order valence-corrected chi connectivity index (χ2v) is 4.47. The van der Waals surface area contributed by atoms with Gasteiger partial charge < -0.3 is 15.2 Å². The van der Waals surface area contributed by atoms with E-state index in [2.05, 4.69) is 15.3 Å². The molecule has 0 aliphatic carbocycles. The van der Waals surface area contributed by atoms with Crippen LogP contribution < -0.4 is 10.9 Å². The van der Waals surface area contributed by atoms with Gasteiger partial charge in [-0.1, -0.05) is 12.1 Å². The van der Waals surface area contributed by atoms with Crippen molar-refractivity contribution in [3.8, 4) is 0 Å². The van der Waals surface area contributed by atoms with Gasteiger partial charge >= 0.3 is 0 Å².